The van der Waals surface area contributed by atoms with E-state index in [1.165, 1.54) is 22.6 Å². The van der Waals surface area contributed by atoms with Crippen molar-refractivity contribution in [2.75, 3.05) is 36.4 Å². The minimum Gasteiger partial charge on any atom is -0.368 e. The van der Waals surface area contributed by atoms with Gasteiger partial charge in [0.2, 0.25) is 0 Å². The van der Waals surface area contributed by atoms with Gasteiger partial charge in [0.1, 0.15) is 10.7 Å². The van der Waals surface area contributed by atoms with Crippen molar-refractivity contribution in [3.63, 3.8) is 0 Å². The van der Waals surface area contributed by atoms with E-state index in [0.29, 0.717) is 36.0 Å². The van der Waals surface area contributed by atoms with E-state index in [4.69, 9.17) is 11.6 Å². The third-order valence-corrected chi connectivity index (χ3v) is 7.16. The Morgan fingerprint density at radius 2 is 1.77 bits per heavy atom. The Bertz CT molecular complexity index is 1170. The second-order valence-electron chi connectivity index (χ2n) is 8.85. The predicted molar refractivity (Wildman–Crippen MR) is 143 cm³/mol. The summed E-state index contributed by atoms with van der Waals surface area (Å²) in [6, 6.07) is 15.1. The number of hydrogen-bond donors (Lipinski definition) is 1. The van der Waals surface area contributed by atoms with E-state index in [1.807, 2.05) is 30.9 Å². The second kappa shape index (κ2) is 11.1. The van der Waals surface area contributed by atoms with E-state index in [-0.39, 0.29) is 18.0 Å². The van der Waals surface area contributed by atoms with Gasteiger partial charge in [0.15, 0.2) is 0 Å². The van der Waals surface area contributed by atoms with Crippen LogP contribution in [0.25, 0.3) is 0 Å². The summed E-state index contributed by atoms with van der Waals surface area (Å²) in [5.41, 5.74) is 3.58. The van der Waals surface area contributed by atoms with Gasteiger partial charge in [0.25, 0.3) is 5.91 Å². The normalized spacial score (nSPS) is 13.7. The lowest BCUT2D eigenvalue weighted by atomic mass is 10.1. The summed E-state index contributed by atoms with van der Waals surface area (Å²) in [4.78, 5) is 36.4. The molecule has 0 spiro atoms. The maximum atomic E-state index is 13.1. The van der Waals surface area contributed by atoms with Gasteiger partial charge in [-0.25, -0.2) is 9.78 Å². The summed E-state index contributed by atoms with van der Waals surface area (Å²) < 4.78 is 0. The van der Waals surface area contributed by atoms with Crippen LogP contribution >= 0.6 is 22.9 Å². The molecule has 9 heteroatoms. The van der Waals surface area contributed by atoms with Crippen molar-refractivity contribution in [3.8, 4) is 0 Å². The summed E-state index contributed by atoms with van der Waals surface area (Å²) in [7, 11) is 0. The van der Waals surface area contributed by atoms with Crippen LogP contribution in [0.2, 0.25) is 5.02 Å². The van der Waals surface area contributed by atoms with Gasteiger partial charge in [0, 0.05) is 54.0 Å². The highest BCUT2D eigenvalue weighted by Crippen LogP contribution is 2.22. The Balaban J connectivity index is 1.36. The second-order valence-corrected chi connectivity index (χ2v) is 10.2. The molecule has 0 unspecified atom stereocenters. The molecule has 3 amide bonds. The van der Waals surface area contributed by atoms with Crippen LogP contribution in [0.5, 0.6) is 0 Å². The molecule has 1 aliphatic rings. The first kappa shape index (κ1) is 25.0. The SMILES string of the molecule is Cc1ccccc1N1CCN(C(=O)c2csc(CN(C(=O)Nc3ccc(Cl)cc3)C(C)C)n2)CC1. The lowest BCUT2D eigenvalue weighted by molar-refractivity contribution is 0.0741. The molecular weight excluding hydrogens is 482 g/mol. The highest BCUT2D eigenvalue weighted by molar-refractivity contribution is 7.09. The van der Waals surface area contributed by atoms with E-state index in [2.05, 4.69) is 34.3 Å². The summed E-state index contributed by atoms with van der Waals surface area (Å²) in [6.45, 7) is 9.24. The van der Waals surface area contributed by atoms with Crippen molar-refractivity contribution in [3.05, 3.63) is 75.2 Å². The molecule has 1 N–H and O–H groups in total. The number of nitrogens with one attached hydrogen (secondary N) is 1. The number of rotatable bonds is 6. The summed E-state index contributed by atoms with van der Waals surface area (Å²) >= 11 is 7.34. The molecule has 0 aliphatic carbocycles. The van der Waals surface area contributed by atoms with Crippen LogP contribution in [0.15, 0.2) is 53.9 Å². The van der Waals surface area contributed by atoms with Crippen molar-refractivity contribution in [2.45, 2.75) is 33.4 Å². The first-order valence-electron chi connectivity index (χ1n) is 11.7. The first-order valence-corrected chi connectivity index (χ1v) is 12.9. The average molecular weight is 512 g/mol. The highest BCUT2D eigenvalue weighted by Gasteiger charge is 2.25. The molecule has 184 valence electrons. The van der Waals surface area contributed by atoms with Crippen LogP contribution < -0.4 is 10.2 Å². The lowest BCUT2D eigenvalue weighted by Crippen LogP contribution is -2.49. The molecular formula is C26H30ClN5O2S. The molecule has 3 aromatic rings. The van der Waals surface area contributed by atoms with Crippen LogP contribution in [0.4, 0.5) is 16.2 Å². The standard InChI is InChI=1S/C26H30ClN5O2S/c1-18(2)32(26(34)28-21-10-8-20(27)9-11-21)16-24-29-22(17-35-24)25(33)31-14-12-30(13-15-31)23-7-5-4-6-19(23)3/h4-11,17-18H,12-16H2,1-3H3,(H,28,34). The Morgan fingerprint density at radius 3 is 2.43 bits per heavy atom. The number of carbonyl (C=O) groups excluding carboxylic acids is 2. The molecule has 0 saturated carbocycles. The molecule has 1 aromatic heterocycles. The Hall–Kier alpha value is -3.10. The molecule has 0 bridgehead atoms. The van der Waals surface area contributed by atoms with Crippen molar-refractivity contribution < 1.29 is 9.59 Å². The Labute approximate surface area is 215 Å². The topological polar surface area (TPSA) is 68.8 Å². The zero-order chi connectivity index (χ0) is 24.9. The van der Waals surface area contributed by atoms with Crippen molar-refractivity contribution in [1.29, 1.82) is 0 Å². The van der Waals surface area contributed by atoms with Gasteiger partial charge in [-0.05, 0) is 56.7 Å². The average Bonchev–Trinajstić information content (AvgIpc) is 3.32. The predicted octanol–water partition coefficient (Wildman–Crippen LogP) is 5.51. The van der Waals surface area contributed by atoms with Crippen LogP contribution in [-0.2, 0) is 6.54 Å². The van der Waals surface area contributed by atoms with Gasteiger partial charge in [-0.2, -0.15) is 0 Å². The fourth-order valence-corrected chi connectivity index (χ4v) is 4.97. The summed E-state index contributed by atoms with van der Waals surface area (Å²) in [5, 5.41) is 6.03. The number of anilines is 2. The van der Waals surface area contributed by atoms with Crippen LogP contribution in [0, 0.1) is 6.92 Å². The first-order chi connectivity index (χ1) is 16.8. The third-order valence-electron chi connectivity index (χ3n) is 6.08. The Morgan fingerprint density at radius 1 is 1.09 bits per heavy atom. The Kier molecular flexibility index (Phi) is 7.93. The molecule has 4 rings (SSSR count). The number of hydrogen-bond acceptors (Lipinski definition) is 5. The van der Waals surface area contributed by atoms with Crippen molar-refractivity contribution in [1.82, 2.24) is 14.8 Å². The van der Waals surface area contributed by atoms with Crippen LogP contribution in [-0.4, -0.2) is 58.9 Å². The fourth-order valence-electron chi connectivity index (χ4n) is 4.08. The van der Waals surface area contributed by atoms with Crippen LogP contribution in [0.1, 0.15) is 34.9 Å². The lowest BCUT2D eigenvalue weighted by Gasteiger charge is -2.36. The quantitative estimate of drug-likeness (QED) is 0.474. The minimum absolute atomic E-state index is 0.0418. The molecule has 2 aromatic carbocycles. The van der Waals surface area contributed by atoms with Gasteiger partial charge < -0.3 is 20.0 Å². The van der Waals surface area contributed by atoms with E-state index in [1.54, 1.807) is 34.5 Å². The molecule has 1 fully saturated rings. The van der Waals surface area contributed by atoms with E-state index in [9.17, 15) is 9.59 Å². The number of nitrogens with zero attached hydrogens (tertiary/aromatic N) is 4. The maximum Gasteiger partial charge on any atom is 0.322 e. The van der Waals surface area contributed by atoms with Crippen molar-refractivity contribution in [2.24, 2.45) is 0 Å². The minimum atomic E-state index is -0.224. The fraction of sp³-hybridized carbons (Fsp3) is 0.346. The number of aryl methyl sites for hydroxylation is 1. The molecule has 2 heterocycles. The number of aromatic nitrogens is 1. The third kappa shape index (κ3) is 6.13. The highest BCUT2D eigenvalue weighted by atomic mass is 35.5. The van der Waals surface area contributed by atoms with E-state index in [0.717, 1.165) is 18.1 Å². The number of para-hydroxylation sites is 1. The van der Waals surface area contributed by atoms with Gasteiger partial charge in [0.05, 0.1) is 6.54 Å². The van der Waals surface area contributed by atoms with E-state index >= 15 is 0 Å². The molecule has 0 radical (unpaired) electrons. The molecule has 1 aliphatic heterocycles. The van der Waals surface area contributed by atoms with E-state index < -0.39 is 0 Å². The number of thiazole rings is 1. The van der Waals surface area contributed by atoms with Gasteiger partial charge in [-0.15, -0.1) is 11.3 Å². The van der Waals surface area contributed by atoms with Crippen LogP contribution in [0.3, 0.4) is 0 Å². The van der Waals surface area contributed by atoms with Gasteiger partial charge in [-0.3, -0.25) is 4.79 Å². The largest absolute Gasteiger partial charge is 0.368 e. The number of carbonyl (C=O) groups is 2. The molecule has 35 heavy (non-hydrogen) atoms. The van der Waals surface area contributed by atoms with Gasteiger partial charge in [-0.1, -0.05) is 29.8 Å². The number of piperazine rings is 1. The molecule has 1 saturated heterocycles. The number of benzene rings is 2. The summed E-state index contributed by atoms with van der Waals surface area (Å²) in [6.07, 6.45) is 0. The van der Waals surface area contributed by atoms with Crippen molar-refractivity contribution >= 4 is 46.3 Å². The smallest absolute Gasteiger partial charge is 0.322 e. The molecule has 7 nitrogen and oxygen atoms in total. The number of urea groups is 1. The number of amides is 3. The number of halogens is 1. The zero-order valence-corrected chi connectivity index (χ0v) is 21.8. The molecule has 0 atom stereocenters. The monoisotopic (exact) mass is 511 g/mol. The summed E-state index contributed by atoms with van der Waals surface area (Å²) in [5.74, 6) is -0.0568. The maximum absolute atomic E-state index is 13.1. The van der Waals surface area contributed by atoms with Gasteiger partial charge >= 0.3 is 6.03 Å². The zero-order valence-electron chi connectivity index (χ0n) is 20.2.